The third kappa shape index (κ3) is 5.46. The van der Waals surface area contributed by atoms with Gasteiger partial charge in [-0.1, -0.05) is 36.5 Å². The Balaban J connectivity index is 2.49. The molecule has 0 amide bonds. The van der Waals surface area contributed by atoms with Gasteiger partial charge in [0.2, 0.25) is 0 Å². The maximum atomic E-state index is 12.0. The number of alkyl halides is 3. The van der Waals surface area contributed by atoms with Crippen LogP contribution < -0.4 is 5.73 Å². The highest BCUT2D eigenvalue weighted by molar-refractivity contribution is 7.80. The molecule has 0 heterocycles. The van der Waals surface area contributed by atoms with Gasteiger partial charge in [0.25, 0.3) is 0 Å². The number of benzene rings is 1. The molecule has 0 saturated heterocycles. The van der Waals surface area contributed by atoms with Crippen LogP contribution in [0, 0.1) is 0 Å². The van der Waals surface area contributed by atoms with Gasteiger partial charge in [0, 0.05) is 18.7 Å². The second-order valence-electron chi connectivity index (χ2n) is 4.16. The van der Waals surface area contributed by atoms with E-state index in [1.165, 1.54) is 0 Å². The van der Waals surface area contributed by atoms with Crippen LogP contribution in [0.3, 0.4) is 0 Å². The second-order valence-corrected chi connectivity index (χ2v) is 4.60. The van der Waals surface area contributed by atoms with Crippen LogP contribution in [0.15, 0.2) is 24.3 Å². The fourth-order valence-corrected chi connectivity index (χ4v) is 1.62. The van der Waals surface area contributed by atoms with E-state index < -0.39 is 12.6 Å². The van der Waals surface area contributed by atoms with Crippen LogP contribution in [0.25, 0.3) is 0 Å². The maximum Gasteiger partial charge on any atom is 0.390 e. The van der Waals surface area contributed by atoms with Crippen molar-refractivity contribution in [2.24, 2.45) is 5.73 Å². The summed E-state index contributed by atoms with van der Waals surface area (Å²) in [7, 11) is 1.66. The van der Waals surface area contributed by atoms with Crippen LogP contribution in [0.5, 0.6) is 0 Å². The van der Waals surface area contributed by atoms with E-state index in [1.807, 2.05) is 12.1 Å². The highest BCUT2D eigenvalue weighted by atomic mass is 32.1. The monoisotopic (exact) mass is 276 g/mol. The number of halogens is 3. The molecule has 2 nitrogen and oxygen atoms in total. The van der Waals surface area contributed by atoms with Crippen molar-refractivity contribution in [3.63, 3.8) is 0 Å². The summed E-state index contributed by atoms with van der Waals surface area (Å²) in [4.78, 5) is 1.94. The first kappa shape index (κ1) is 14.9. The van der Waals surface area contributed by atoms with E-state index in [0.717, 1.165) is 11.1 Å². The van der Waals surface area contributed by atoms with Crippen LogP contribution in [-0.2, 0) is 6.54 Å². The van der Waals surface area contributed by atoms with E-state index >= 15 is 0 Å². The summed E-state index contributed by atoms with van der Waals surface area (Å²) in [5, 5.41) is 0. The molecule has 0 aliphatic carbocycles. The molecule has 6 heteroatoms. The molecule has 0 fully saturated rings. The van der Waals surface area contributed by atoms with E-state index in [9.17, 15) is 13.2 Å². The largest absolute Gasteiger partial charge is 0.390 e. The van der Waals surface area contributed by atoms with Gasteiger partial charge in [-0.15, -0.1) is 0 Å². The first-order valence-corrected chi connectivity index (χ1v) is 5.83. The smallest absolute Gasteiger partial charge is 0.389 e. The molecule has 0 bridgehead atoms. The molecule has 0 unspecified atom stereocenters. The van der Waals surface area contributed by atoms with Crippen LogP contribution >= 0.6 is 12.2 Å². The van der Waals surface area contributed by atoms with Crippen molar-refractivity contribution < 1.29 is 13.2 Å². The van der Waals surface area contributed by atoms with Crippen molar-refractivity contribution >= 4 is 17.2 Å². The summed E-state index contributed by atoms with van der Waals surface area (Å²) in [6.07, 6.45) is -4.90. The number of hydrogen-bond donors (Lipinski definition) is 1. The highest BCUT2D eigenvalue weighted by Gasteiger charge is 2.26. The van der Waals surface area contributed by atoms with Crippen molar-refractivity contribution in [1.29, 1.82) is 0 Å². The molecule has 1 aromatic carbocycles. The van der Waals surface area contributed by atoms with Gasteiger partial charge in [0.15, 0.2) is 0 Å². The van der Waals surface area contributed by atoms with Gasteiger partial charge in [-0.25, -0.2) is 0 Å². The highest BCUT2D eigenvalue weighted by Crippen LogP contribution is 2.19. The average Bonchev–Trinajstić information content (AvgIpc) is 2.26. The zero-order chi connectivity index (χ0) is 13.8. The molecular formula is C12H15F3N2S. The number of rotatable bonds is 5. The summed E-state index contributed by atoms with van der Waals surface area (Å²) in [5.41, 5.74) is 7.14. The van der Waals surface area contributed by atoms with Crippen molar-refractivity contribution in [3.05, 3.63) is 35.4 Å². The summed E-state index contributed by atoms with van der Waals surface area (Å²) in [6.45, 7) is 0.453. The van der Waals surface area contributed by atoms with E-state index in [-0.39, 0.29) is 6.54 Å². The molecule has 0 saturated carbocycles. The molecule has 2 N–H and O–H groups in total. The Morgan fingerprint density at radius 1 is 1.28 bits per heavy atom. The fourth-order valence-electron chi connectivity index (χ4n) is 1.48. The molecule has 0 atom stereocenters. The van der Waals surface area contributed by atoms with Gasteiger partial charge >= 0.3 is 6.18 Å². The SMILES string of the molecule is CN(CCC(F)(F)F)Cc1ccc(C(N)=S)cc1. The number of nitrogens with two attached hydrogens (primary N) is 1. The van der Waals surface area contributed by atoms with Gasteiger partial charge in [-0.05, 0) is 12.6 Å². The Morgan fingerprint density at radius 2 is 1.83 bits per heavy atom. The van der Waals surface area contributed by atoms with E-state index in [4.69, 9.17) is 18.0 Å². The maximum absolute atomic E-state index is 12.0. The van der Waals surface area contributed by atoms with Crippen molar-refractivity contribution in [3.8, 4) is 0 Å². The molecule has 1 rings (SSSR count). The zero-order valence-electron chi connectivity index (χ0n) is 10.00. The second kappa shape index (κ2) is 6.15. The molecular weight excluding hydrogens is 261 g/mol. The quantitative estimate of drug-likeness (QED) is 0.838. The van der Waals surface area contributed by atoms with Gasteiger partial charge in [0.05, 0.1) is 6.42 Å². The minimum absolute atomic E-state index is 0.0133. The number of thiocarbonyl (C=S) groups is 1. The van der Waals surface area contributed by atoms with Crippen molar-refractivity contribution in [2.45, 2.75) is 19.1 Å². The molecule has 100 valence electrons. The van der Waals surface area contributed by atoms with Crippen LogP contribution in [-0.4, -0.2) is 29.7 Å². The lowest BCUT2D eigenvalue weighted by molar-refractivity contribution is -0.137. The third-order valence-corrected chi connectivity index (χ3v) is 2.70. The van der Waals surface area contributed by atoms with Gasteiger partial charge < -0.3 is 10.6 Å². The molecule has 0 aliphatic heterocycles. The average molecular weight is 276 g/mol. The first-order chi connectivity index (χ1) is 8.28. The Hall–Kier alpha value is -1.14. The third-order valence-electron chi connectivity index (χ3n) is 2.47. The molecule has 0 spiro atoms. The standard InChI is InChI=1S/C12H15F3N2S/c1-17(7-6-12(13,14)15)8-9-2-4-10(5-3-9)11(16)18/h2-5H,6-8H2,1H3,(H2,16,18). The predicted octanol–water partition coefficient (Wildman–Crippen LogP) is 2.71. The summed E-state index contributed by atoms with van der Waals surface area (Å²) in [6, 6.07) is 7.18. The fraction of sp³-hybridized carbons (Fsp3) is 0.417. The Bertz CT molecular complexity index is 401. The predicted molar refractivity (Wildman–Crippen MR) is 69.3 cm³/mol. The van der Waals surface area contributed by atoms with Crippen LogP contribution in [0.4, 0.5) is 13.2 Å². The Kier molecular flexibility index (Phi) is 5.10. The lowest BCUT2D eigenvalue weighted by atomic mass is 10.1. The van der Waals surface area contributed by atoms with E-state index in [1.54, 1.807) is 24.1 Å². The van der Waals surface area contributed by atoms with E-state index in [2.05, 4.69) is 0 Å². The zero-order valence-corrected chi connectivity index (χ0v) is 10.8. The number of hydrogen-bond acceptors (Lipinski definition) is 2. The summed E-state index contributed by atoms with van der Waals surface area (Å²) >= 11 is 4.82. The number of nitrogens with zero attached hydrogens (tertiary/aromatic N) is 1. The molecule has 1 aromatic rings. The topological polar surface area (TPSA) is 29.3 Å². The van der Waals surface area contributed by atoms with E-state index in [0.29, 0.717) is 11.5 Å². The first-order valence-electron chi connectivity index (χ1n) is 5.42. The molecule has 0 aliphatic rings. The molecule has 0 radical (unpaired) electrons. The Morgan fingerprint density at radius 3 is 2.28 bits per heavy atom. The van der Waals surface area contributed by atoms with Crippen molar-refractivity contribution in [1.82, 2.24) is 4.90 Å². The minimum atomic E-state index is -4.11. The lowest BCUT2D eigenvalue weighted by Crippen LogP contribution is -2.24. The van der Waals surface area contributed by atoms with Gasteiger partial charge in [-0.2, -0.15) is 13.2 Å². The minimum Gasteiger partial charge on any atom is -0.389 e. The van der Waals surface area contributed by atoms with Crippen LogP contribution in [0.1, 0.15) is 17.5 Å². The molecule has 18 heavy (non-hydrogen) atoms. The summed E-state index contributed by atoms with van der Waals surface area (Å²) in [5.74, 6) is 0. The Labute approximate surface area is 110 Å². The summed E-state index contributed by atoms with van der Waals surface area (Å²) < 4.78 is 36.1. The van der Waals surface area contributed by atoms with Crippen LogP contribution in [0.2, 0.25) is 0 Å². The molecule has 0 aromatic heterocycles. The van der Waals surface area contributed by atoms with Crippen molar-refractivity contribution in [2.75, 3.05) is 13.6 Å². The van der Waals surface area contributed by atoms with Gasteiger partial charge in [0.1, 0.15) is 4.99 Å². The van der Waals surface area contributed by atoms with Gasteiger partial charge in [-0.3, -0.25) is 0 Å². The normalized spacial score (nSPS) is 11.8. The lowest BCUT2D eigenvalue weighted by Gasteiger charge is -2.17.